The van der Waals surface area contributed by atoms with Crippen LogP contribution in [0.4, 0.5) is 0 Å². The third kappa shape index (κ3) is 4.31. The summed E-state index contributed by atoms with van der Waals surface area (Å²) < 4.78 is 6.30. The van der Waals surface area contributed by atoms with Crippen LogP contribution in [0.3, 0.4) is 0 Å². The molecule has 8 heavy (non-hydrogen) atoms. The zero-order chi connectivity index (χ0) is 6.41. The molecular formula is C5H10I2O. The van der Waals surface area contributed by atoms with E-state index in [9.17, 15) is 0 Å². The molecule has 0 rings (SSSR count). The highest BCUT2D eigenvalue weighted by atomic mass is 127. The highest BCUT2D eigenvalue weighted by Crippen LogP contribution is 2.08. The predicted molar refractivity (Wildman–Crippen MR) is 52.7 cm³/mol. The molecule has 0 bridgehead atoms. The van der Waals surface area contributed by atoms with E-state index >= 15 is 0 Å². The Morgan fingerprint density at radius 1 is 1.62 bits per heavy atom. The lowest BCUT2D eigenvalue weighted by molar-refractivity contribution is 0.272. The van der Waals surface area contributed by atoms with E-state index in [2.05, 4.69) is 29.5 Å². The van der Waals surface area contributed by atoms with Crippen molar-refractivity contribution in [2.24, 2.45) is 0 Å². The Kier molecular flexibility index (Phi) is 7.70. The van der Waals surface area contributed by atoms with E-state index in [0.29, 0.717) is 6.10 Å². The predicted octanol–water partition coefficient (Wildman–Crippen LogP) is 2.96. The van der Waals surface area contributed by atoms with Crippen molar-refractivity contribution in [2.45, 2.75) is 25.9 Å². The van der Waals surface area contributed by atoms with Gasteiger partial charge in [-0.25, -0.2) is 0 Å². The minimum absolute atomic E-state index is 0.479. The summed E-state index contributed by atoms with van der Waals surface area (Å²) in [5, 5.41) is 0. The van der Waals surface area contributed by atoms with E-state index in [0.717, 1.165) is 6.42 Å². The first-order valence-corrected chi connectivity index (χ1v) is 5.09. The average molecular weight is 340 g/mol. The molecule has 0 heterocycles. The summed E-state index contributed by atoms with van der Waals surface area (Å²) in [6, 6.07) is 0. The van der Waals surface area contributed by atoms with Crippen LogP contribution < -0.4 is 0 Å². The molecule has 0 aromatic rings. The monoisotopic (exact) mass is 340 g/mol. The van der Waals surface area contributed by atoms with Gasteiger partial charge in [-0.05, 0) is 12.8 Å². The van der Waals surface area contributed by atoms with Crippen molar-refractivity contribution in [2.75, 3.05) is 4.43 Å². The standard InChI is InChI=1S/C5H10I2O/c1-2-5(8-7)3-4-6/h5H,2-4H2,1H3. The second kappa shape index (κ2) is 6.54. The Labute approximate surface area is 78.4 Å². The van der Waals surface area contributed by atoms with Gasteiger partial charge in [-0.15, -0.1) is 0 Å². The smallest absolute Gasteiger partial charge is 0.110 e. The van der Waals surface area contributed by atoms with E-state index in [-0.39, 0.29) is 0 Å². The molecule has 1 atom stereocenters. The third-order valence-corrected chi connectivity index (χ3v) is 2.35. The van der Waals surface area contributed by atoms with Crippen molar-refractivity contribution in [3.63, 3.8) is 0 Å². The molecular weight excluding hydrogens is 330 g/mol. The second-order valence-corrected chi connectivity index (χ2v) is 3.18. The molecule has 0 aromatic carbocycles. The van der Waals surface area contributed by atoms with Crippen LogP contribution in [0.2, 0.25) is 0 Å². The highest BCUT2D eigenvalue weighted by Gasteiger charge is 2.01. The summed E-state index contributed by atoms with van der Waals surface area (Å²) in [7, 11) is 0. The molecule has 0 radical (unpaired) electrons. The van der Waals surface area contributed by atoms with E-state index < -0.39 is 0 Å². The van der Waals surface area contributed by atoms with Crippen molar-refractivity contribution in [3.05, 3.63) is 0 Å². The molecule has 0 amide bonds. The number of alkyl halides is 1. The summed E-state index contributed by atoms with van der Waals surface area (Å²) in [6.45, 7) is 2.15. The summed E-state index contributed by atoms with van der Waals surface area (Å²) in [5.74, 6) is 0. The second-order valence-electron chi connectivity index (χ2n) is 1.60. The van der Waals surface area contributed by atoms with Gasteiger partial charge in [0.1, 0.15) is 23.0 Å². The topological polar surface area (TPSA) is 9.23 Å². The van der Waals surface area contributed by atoms with Crippen LogP contribution >= 0.6 is 45.6 Å². The van der Waals surface area contributed by atoms with Crippen molar-refractivity contribution >= 4 is 45.6 Å². The number of rotatable bonds is 4. The molecule has 0 saturated heterocycles. The normalized spacial score (nSPS) is 13.9. The molecule has 0 aliphatic rings. The molecule has 0 fully saturated rings. The van der Waals surface area contributed by atoms with Crippen LogP contribution in [0, 0.1) is 0 Å². The first-order chi connectivity index (χ1) is 3.85. The minimum atomic E-state index is 0.479. The van der Waals surface area contributed by atoms with E-state index in [1.807, 2.05) is 23.0 Å². The zero-order valence-corrected chi connectivity index (χ0v) is 9.18. The Bertz CT molecular complexity index is 45.7. The Balaban J connectivity index is 3.07. The Morgan fingerprint density at radius 2 is 2.25 bits per heavy atom. The van der Waals surface area contributed by atoms with Crippen LogP contribution in [0.25, 0.3) is 0 Å². The molecule has 0 aliphatic carbocycles. The van der Waals surface area contributed by atoms with Crippen molar-refractivity contribution in [1.82, 2.24) is 0 Å². The lowest BCUT2D eigenvalue weighted by Gasteiger charge is -2.06. The third-order valence-electron chi connectivity index (χ3n) is 1.01. The Morgan fingerprint density at radius 3 is 2.38 bits per heavy atom. The SMILES string of the molecule is CCC(CCI)OI. The molecule has 50 valence electrons. The van der Waals surface area contributed by atoms with Crippen LogP contribution in [0.5, 0.6) is 0 Å². The van der Waals surface area contributed by atoms with Crippen LogP contribution in [-0.4, -0.2) is 10.5 Å². The van der Waals surface area contributed by atoms with Gasteiger partial charge in [-0.2, -0.15) is 0 Å². The van der Waals surface area contributed by atoms with Gasteiger partial charge < -0.3 is 3.07 Å². The van der Waals surface area contributed by atoms with Crippen LogP contribution in [0.15, 0.2) is 0 Å². The van der Waals surface area contributed by atoms with Crippen LogP contribution in [-0.2, 0) is 3.07 Å². The first-order valence-electron chi connectivity index (χ1n) is 2.68. The fourth-order valence-corrected chi connectivity index (χ4v) is 1.74. The summed E-state index contributed by atoms with van der Waals surface area (Å²) in [5.41, 5.74) is 0. The quantitative estimate of drug-likeness (QED) is 0.565. The van der Waals surface area contributed by atoms with Crippen molar-refractivity contribution < 1.29 is 3.07 Å². The average Bonchev–Trinajstić information content (AvgIpc) is 1.83. The fraction of sp³-hybridized carbons (Fsp3) is 1.00. The Hall–Kier alpha value is 1.42. The molecule has 0 saturated carbocycles. The lowest BCUT2D eigenvalue weighted by atomic mass is 10.2. The van der Waals surface area contributed by atoms with Gasteiger partial charge in [0.2, 0.25) is 0 Å². The minimum Gasteiger partial charge on any atom is -0.312 e. The first kappa shape index (κ1) is 9.42. The van der Waals surface area contributed by atoms with Crippen LogP contribution in [0.1, 0.15) is 19.8 Å². The maximum absolute atomic E-state index is 5.11. The van der Waals surface area contributed by atoms with Gasteiger partial charge in [0.25, 0.3) is 0 Å². The van der Waals surface area contributed by atoms with E-state index in [4.69, 9.17) is 3.07 Å². The molecule has 0 spiro atoms. The molecule has 1 nitrogen and oxygen atoms in total. The van der Waals surface area contributed by atoms with E-state index in [1.54, 1.807) is 0 Å². The molecule has 0 N–H and O–H groups in total. The van der Waals surface area contributed by atoms with Gasteiger partial charge in [-0.3, -0.25) is 0 Å². The summed E-state index contributed by atoms with van der Waals surface area (Å²) >= 11 is 4.34. The number of hydrogen-bond donors (Lipinski definition) is 0. The zero-order valence-electron chi connectivity index (χ0n) is 4.86. The lowest BCUT2D eigenvalue weighted by Crippen LogP contribution is -2.05. The molecule has 0 aromatic heterocycles. The van der Waals surface area contributed by atoms with Gasteiger partial charge in [-0.1, -0.05) is 29.5 Å². The maximum Gasteiger partial charge on any atom is 0.110 e. The summed E-state index contributed by atoms with van der Waals surface area (Å²) in [6.07, 6.45) is 2.79. The number of hydrogen-bond acceptors (Lipinski definition) is 1. The fourth-order valence-electron chi connectivity index (χ4n) is 0.433. The maximum atomic E-state index is 5.11. The van der Waals surface area contributed by atoms with Gasteiger partial charge in [0, 0.05) is 4.43 Å². The highest BCUT2D eigenvalue weighted by molar-refractivity contribution is 14.1. The van der Waals surface area contributed by atoms with Gasteiger partial charge >= 0.3 is 0 Å². The van der Waals surface area contributed by atoms with E-state index in [1.165, 1.54) is 10.8 Å². The molecule has 0 aliphatic heterocycles. The van der Waals surface area contributed by atoms with Crippen molar-refractivity contribution in [3.8, 4) is 0 Å². The molecule has 3 heteroatoms. The van der Waals surface area contributed by atoms with Gasteiger partial charge in [0.15, 0.2) is 0 Å². The summed E-state index contributed by atoms with van der Waals surface area (Å²) in [4.78, 5) is 0. The number of halogens is 2. The molecule has 1 unspecified atom stereocenters. The largest absolute Gasteiger partial charge is 0.312 e. The van der Waals surface area contributed by atoms with Gasteiger partial charge in [0.05, 0.1) is 6.10 Å². The van der Waals surface area contributed by atoms with Crippen molar-refractivity contribution in [1.29, 1.82) is 0 Å².